The monoisotopic (exact) mass is 421 g/mol. The van der Waals surface area contributed by atoms with Crippen molar-refractivity contribution >= 4 is 22.5 Å². The Hall–Kier alpha value is -3.48. The average Bonchev–Trinajstić information content (AvgIpc) is 3.05. The minimum atomic E-state index is -0.727. The lowest BCUT2D eigenvalue weighted by Crippen LogP contribution is -2.27. The molecule has 0 unspecified atom stereocenters. The molecule has 0 saturated heterocycles. The van der Waals surface area contributed by atoms with Gasteiger partial charge in [-0.05, 0) is 32.4 Å². The molecule has 0 aliphatic heterocycles. The Bertz CT molecular complexity index is 1200. The molecular weight excluding hydrogens is 394 g/mol. The van der Waals surface area contributed by atoms with Crippen LogP contribution in [0.4, 0.5) is 0 Å². The Kier molecular flexibility index (Phi) is 6.84. The van der Waals surface area contributed by atoms with Crippen molar-refractivity contribution in [3.05, 3.63) is 76.0 Å². The first-order valence-corrected chi connectivity index (χ1v) is 10.4. The lowest BCUT2D eigenvalue weighted by Gasteiger charge is -2.10. The van der Waals surface area contributed by atoms with Gasteiger partial charge in [-0.1, -0.05) is 37.6 Å². The fourth-order valence-corrected chi connectivity index (χ4v) is 3.62. The van der Waals surface area contributed by atoms with E-state index in [9.17, 15) is 14.4 Å². The van der Waals surface area contributed by atoms with Crippen LogP contribution in [0, 0.1) is 13.8 Å². The number of carbonyl (C=O) groups excluding carboxylic acids is 2. The number of unbranched alkanes of at least 4 members (excludes halogenated alkanes) is 1. The number of allylic oxidation sites excluding steroid dienone is 1. The molecular formula is C24H27N3O4. The van der Waals surface area contributed by atoms with Crippen LogP contribution >= 0.6 is 0 Å². The maximum Gasteiger partial charge on any atom is 0.359 e. The van der Waals surface area contributed by atoms with E-state index in [0.717, 1.165) is 24.2 Å². The van der Waals surface area contributed by atoms with Crippen LogP contribution in [0.15, 0.2) is 47.8 Å². The van der Waals surface area contributed by atoms with Crippen LogP contribution in [0.1, 0.15) is 52.0 Å². The number of Topliss-reactive ketones (excluding diaryl/α,β-unsaturated/α-hetero) is 1. The molecule has 0 aliphatic rings. The topological polar surface area (TPSA) is 83.2 Å². The van der Waals surface area contributed by atoms with Crippen molar-refractivity contribution in [2.45, 2.75) is 46.7 Å². The van der Waals surface area contributed by atoms with Crippen molar-refractivity contribution in [2.75, 3.05) is 6.61 Å². The first-order chi connectivity index (χ1) is 14.9. The molecule has 7 heteroatoms. The van der Waals surface area contributed by atoms with Gasteiger partial charge in [-0.15, -0.1) is 6.58 Å². The van der Waals surface area contributed by atoms with Gasteiger partial charge in [0.1, 0.15) is 0 Å². The number of benzene rings is 1. The molecule has 162 valence electrons. The molecule has 0 bridgehead atoms. The molecule has 0 fully saturated rings. The molecule has 0 spiro atoms. The fourth-order valence-electron chi connectivity index (χ4n) is 3.62. The van der Waals surface area contributed by atoms with Crippen LogP contribution in [0.25, 0.3) is 10.8 Å². The third-order valence-corrected chi connectivity index (χ3v) is 5.30. The van der Waals surface area contributed by atoms with Gasteiger partial charge in [0.15, 0.2) is 12.3 Å². The van der Waals surface area contributed by atoms with E-state index in [1.54, 1.807) is 36.4 Å². The smallest absolute Gasteiger partial charge is 0.359 e. The van der Waals surface area contributed by atoms with Crippen LogP contribution in [0.5, 0.6) is 0 Å². The van der Waals surface area contributed by atoms with E-state index in [1.165, 1.54) is 4.68 Å². The minimum Gasteiger partial charge on any atom is -0.452 e. The maximum atomic E-state index is 12.8. The number of ketones is 1. The molecule has 0 N–H and O–H groups in total. The SMILES string of the molecule is C=CCn1c(C)cc(C(=O)COC(=O)c2nn(CCCC)c(=O)c3ccccc23)c1C. The maximum absolute atomic E-state index is 12.8. The third-order valence-electron chi connectivity index (χ3n) is 5.30. The highest BCUT2D eigenvalue weighted by Crippen LogP contribution is 2.18. The first-order valence-electron chi connectivity index (χ1n) is 10.4. The number of fused-ring (bicyclic) bond motifs is 1. The van der Waals surface area contributed by atoms with Crippen molar-refractivity contribution in [1.82, 2.24) is 14.3 Å². The minimum absolute atomic E-state index is 0.0382. The molecule has 0 amide bonds. The van der Waals surface area contributed by atoms with E-state index < -0.39 is 12.6 Å². The van der Waals surface area contributed by atoms with Gasteiger partial charge < -0.3 is 9.30 Å². The molecule has 31 heavy (non-hydrogen) atoms. The van der Waals surface area contributed by atoms with Crippen LogP contribution in [-0.4, -0.2) is 32.7 Å². The second kappa shape index (κ2) is 9.55. The highest BCUT2D eigenvalue weighted by Gasteiger charge is 2.21. The quantitative estimate of drug-likeness (QED) is 0.298. The Balaban J connectivity index is 1.86. The molecule has 0 atom stereocenters. The number of hydrogen-bond acceptors (Lipinski definition) is 5. The number of rotatable bonds is 9. The van der Waals surface area contributed by atoms with Gasteiger partial charge >= 0.3 is 5.97 Å². The summed E-state index contributed by atoms with van der Waals surface area (Å²) in [5.41, 5.74) is 2.04. The summed E-state index contributed by atoms with van der Waals surface area (Å²) in [7, 11) is 0. The molecule has 2 aromatic heterocycles. The van der Waals surface area contributed by atoms with Crippen molar-refractivity contribution in [1.29, 1.82) is 0 Å². The summed E-state index contributed by atoms with van der Waals surface area (Å²) < 4.78 is 8.59. The van der Waals surface area contributed by atoms with Gasteiger partial charge in [0, 0.05) is 35.4 Å². The Morgan fingerprint density at radius 3 is 2.58 bits per heavy atom. The fraction of sp³-hybridized carbons (Fsp3) is 0.333. The highest BCUT2D eigenvalue weighted by molar-refractivity contribution is 6.04. The zero-order chi connectivity index (χ0) is 22.5. The van der Waals surface area contributed by atoms with Crippen molar-refractivity contribution in [3.8, 4) is 0 Å². The van der Waals surface area contributed by atoms with Gasteiger partial charge in [-0.3, -0.25) is 9.59 Å². The number of esters is 1. The number of hydrogen-bond donors (Lipinski definition) is 0. The second-order valence-electron chi connectivity index (χ2n) is 7.46. The largest absolute Gasteiger partial charge is 0.452 e. The van der Waals surface area contributed by atoms with Crippen LogP contribution in [0.3, 0.4) is 0 Å². The van der Waals surface area contributed by atoms with Gasteiger partial charge in [-0.25, -0.2) is 9.48 Å². The normalized spacial score (nSPS) is 10.9. The summed E-state index contributed by atoms with van der Waals surface area (Å²) in [5.74, 6) is -1.02. The second-order valence-corrected chi connectivity index (χ2v) is 7.46. The van der Waals surface area contributed by atoms with E-state index in [1.807, 2.05) is 25.3 Å². The van der Waals surface area contributed by atoms with Crippen LogP contribution < -0.4 is 5.56 Å². The van der Waals surface area contributed by atoms with Crippen LogP contribution in [0.2, 0.25) is 0 Å². The standard InChI is InChI=1S/C24H27N3O4/c1-5-7-13-27-23(29)19-11-9-8-10-18(19)22(25-27)24(30)31-15-21(28)20-14-16(3)26(12-6-2)17(20)4/h6,8-11,14H,2,5,7,12-13,15H2,1,3-4H3. The zero-order valence-electron chi connectivity index (χ0n) is 18.2. The highest BCUT2D eigenvalue weighted by atomic mass is 16.5. The van der Waals surface area contributed by atoms with E-state index in [-0.39, 0.29) is 17.0 Å². The molecule has 1 aromatic carbocycles. The Morgan fingerprint density at radius 1 is 1.19 bits per heavy atom. The summed E-state index contributed by atoms with van der Waals surface area (Å²) in [6.07, 6.45) is 3.41. The predicted octanol–water partition coefficient (Wildman–Crippen LogP) is 3.84. The summed E-state index contributed by atoms with van der Waals surface area (Å²) in [6.45, 7) is 10.1. The molecule has 3 aromatic rings. The summed E-state index contributed by atoms with van der Waals surface area (Å²) in [6, 6.07) is 8.59. The summed E-state index contributed by atoms with van der Waals surface area (Å²) in [5, 5.41) is 5.07. The molecule has 0 saturated carbocycles. The van der Waals surface area contributed by atoms with Gasteiger partial charge in [0.2, 0.25) is 5.78 Å². The molecule has 2 heterocycles. The summed E-state index contributed by atoms with van der Waals surface area (Å²) in [4.78, 5) is 38.2. The number of carbonyl (C=O) groups is 2. The van der Waals surface area contributed by atoms with E-state index in [4.69, 9.17) is 4.74 Å². The van der Waals surface area contributed by atoms with Crippen LogP contribution in [-0.2, 0) is 17.8 Å². The molecule has 0 aliphatic carbocycles. The number of aromatic nitrogens is 3. The molecule has 0 radical (unpaired) electrons. The lowest BCUT2D eigenvalue weighted by molar-refractivity contribution is 0.0468. The van der Waals surface area contributed by atoms with E-state index >= 15 is 0 Å². The van der Waals surface area contributed by atoms with Gasteiger partial charge in [-0.2, -0.15) is 5.10 Å². The zero-order valence-corrected chi connectivity index (χ0v) is 18.2. The number of ether oxygens (including phenoxy) is 1. The Labute approximate surface area is 180 Å². The van der Waals surface area contributed by atoms with Crippen molar-refractivity contribution < 1.29 is 14.3 Å². The lowest BCUT2D eigenvalue weighted by atomic mass is 10.1. The molecule has 3 rings (SSSR count). The van der Waals surface area contributed by atoms with E-state index in [0.29, 0.717) is 29.4 Å². The number of nitrogens with zero attached hydrogens (tertiary/aromatic N) is 3. The van der Waals surface area contributed by atoms with Gasteiger partial charge in [0.05, 0.1) is 5.39 Å². The number of aryl methyl sites for hydroxylation is 2. The molecule has 7 nitrogen and oxygen atoms in total. The average molecular weight is 421 g/mol. The Morgan fingerprint density at radius 2 is 1.90 bits per heavy atom. The summed E-state index contributed by atoms with van der Waals surface area (Å²) >= 11 is 0. The first kappa shape index (κ1) is 22.2. The van der Waals surface area contributed by atoms with Crippen molar-refractivity contribution in [2.24, 2.45) is 0 Å². The van der Waals surface area contributed by atoms with E-state index in [2.05, 4.69) is 11.7 Å². The predicted molar refractivity (Wildman–Crippen MR) is 120 cm³/mol. The van der Waals surface area contributed by atoms with Gasteiger partial charge in [0.25, 0.3) is 5.56 Å². The third kappa shape index (κ3) is 4.50. The van der Waals surface area contributed by atoms with Crippen molar-refractivity contribution in [3.63, 3.8) is 0 Å².